The molecule has 0 aliphatic rings. The quantitative estimate of drug-likeness (QED) is 0.401. The molecule has 0 aromatic carbocycles. The summed E-state index contributed by atoms with van der Waals surface area (Å²) in [6.45, 7) is 2.52. The van der Waals surface area contributed by atoms with E-state index in [1.165, 1.54) is 44.9 Å². The number of unbranched alkanes of at least 4 members (excludes halogenated alkanes) is 6. The molecule has 1 nitrogen and oxygen atoms in total. The van der Waals surface area contributed by atoms with Gasteiger partial charge in [0.1, 0.15) is 0 Å². The lowest BCUT2D eigenvalue weighted by Crippen LogP contribution is -1.77. The third-order valence-electron chi connectivity index (χ3n) is 2.60. The largest absolute Gasteiger partial charge is 0.396 e. The second-order valence-electron chi connectivity index (χ2n) is 4.24. The Labute approximate surface area is 101 Å². The highest BCUT2D eigenvalue weighted by Gasteiger charge is 1.84. The lowest BCUT2D eigenvalue weighted by Gasteiger charge is -1.94. The van der Waals surface area contributed by atoms with Crippen molar-refractivity contribution in [1.29, 1.82) is 0 Å². The first-order valence-corrected chi connectivity index (χ1v) is 6.82. The molecule has 1 heteroatoms. The molecule has 0 aromatic heterocycles. The minimum atomic E-state index is 0.275. The van der Waals surface area contributed by atoms with Gasteiger partial charge < -0.3 is 5.11 Å². The summed E-state index contributed by atoms with van der Waals surface area (Å²) in [6.07, 6.45) is 19.9. The van der Waals surface area contributed by atoms with Crippen molar-refractivity contribution in [3.8, 4) is 0 Å². The van der Waals surface area contributed by atoms with Crippen molar-refractivity contribution in [1.82, 2.24) is 0 Å². The van der Waals surface area contributed by atoms with Crippen molar-refractivity contribution in [2.24, 2.45) is 0 Å². The predicted molar refractivity (Wildman–Crippen MR) is 72.6 cm³/mol. The first-order valence-electron chi connectivity index (χ1n) is 6.82. The minimum absolute atomic E-state index is 0.275. The Hall–Kier alpha value is -0.560. The predicted octanol–water partition coefficient (Wildman–Crippen LogP) is 4.62. The molecule has 0 saturated carbocycles. The van der Waals surface area contributed by atoms with E-state index < -0.39 is 0 Å². The van der Waals surface area contributed by atoms with E-state index in [4.69, 9.17) is 5.11 Å². The Bertz CT molecular complexity index is 170. The van der Waals surface area contributed by atoms with Gasteiger partial charge in [-0.3, -0.25) is 0 Å². The molecule has 0 aromatic rings. The summed E-state index contributed by atoms with van der Waals surface area (Å²) in [7, 11) is 0. The Morgan fingerprint density at radius 2 is 1.12 bits per heavy atom. The minimum Gasteiger partial charge on any atom is -0.396 e. The van der Waals surface area contributed by atoms with Crippen LogP contribution in [0.5, 0.6) is 0 Å². The summed E-state index contributed by atoms with van der Waals surface area (Å²) in [6, 6.07) is 0. The van der Waals surface area contributed by atoms with Crippen LogP contribution in [0.1, 0.15) is 64.7 Å². The first kappa shape index (κ1) is 15.4. The molecule has 0 spiro atoms. The molecule has 0 fully saturated rings. The standard InChI is InChI=1S/C15H28O/c1-2-3-4-5-6-7-8-9-10-11-12-13-14-15-16/h6-7,12-13,16H,2-5,8-11,14-15H2,1H3/b7-6+,13-12+. The third-order valence-corrected chi connectivity index (χ3v) is 2.60. The smallest absolute Gasteiger partial charge is 0.0465 e. The number of aliphatic hydroxyl groups is 1. The molecule has 0 aliphatic carbocycles. The Kier molecular flexibility index (Phi) is 13.9. The summed E-state index contributed by atoms with van der Waals surface area (Å²) in [5, 5.41) is 8.57. The van der Waals surface area contributed by atoms with Crippen molar-refractivity contribution in [2.45, 2.75) is 64.7 Å². The lowest BCUT2D eigenvalue weighted by atomic mass is 10.1. The van der Waals surface area contributed by atoms with Gasteiger partial charge in [-0.2, -0.15) is 0 Å². The molecule has 0 heterocycles. The molecule has 0 aliphatic heterocycles. The molecule has 0 radical (unpaired) electrons. The molecule has 94 valence electrons. The normalized spacial score (nSPS) is 11.9. The highest BCUT2D eigenvalue weighted by atomic mass is 16.2. The fourth-order valence-corrected chi connectivity index (χ4v) is 1.58. The summed E-state index contributed by atoms with van der Waals surface area (Å²) >= 11 is 0. The van der Waals surface area contributed by atoms with Crippen LogP contribution < -0.4 is 0 Å². The molecule has 0 rings (SSSR count). The molecule has 0 amide bonds. The van der Waals surface area contributed by atoms with E-state index in [-0.39, 0.29) is 6.61 Å². The van der Waals surface area contributed by atoms with E-state index in [0.717, 1.165) is 12.8 Å². The number of hydrogen-bond acceptors (Lipinski definition) is 1. The maximum atomic E-state index is 8.57. The van der Waals surface area contributed by atoms with Crippen molar-refractivity contribution < 1.29 is 5.11 Å². The van der Waals surface area contributed by atoms with E-state index in [9.17, 15) is 0 Å². The van der Waals surface area contributed by atoms with Crippen LogP contribution in [0.15, 0.2) is 24.3 Å². The van der Waals surface area contributed by atoms with Gasteiger partial charge in [0, 0.05) is 6.61 Å². The maximum Gasteiger partial charge on any atom is 0.0465 e. The molecule has 16 heavy (non-hydrogen) atoms. The Balaban J connectivity index is 3.08. The zero-order valence-corrected chi connectivity index (χ0v) is 10.8. The Morgan fingerprint density at radius 1 is 0.688 bits per heavy atom. The van der Waals surface area contributed by atoms with Crippen LogP contribution >= 0.6 is 0 Å². The van der Waals surface area contributed by atoms with Crippen molar-refractivity contribution in [3.05, 3.63) is 24.3 Å². The van der Waals surface area contributed by atoms with Gasteiger partial charge in [-0.1, -0.05) is 44.1 Å². The van der Waals surface area contributed by atoms with Gasteiger partial charge in [0.2, 0.25) is 0 Å². The molecule has 0 unspecified atom stereocenters. The summed E-state index contributed by atoms with van der Waals surface area (Å²) in [4.78, 5) is 0. The fourth-order valence-electron chi connectivity index (χ4n) is 1.58. The van der Waals surface area contributed by atoms with E-state index in [1.54, 1.807) is 0 Å². The van der Waals surface area contributed by atoms with Crippen molar-refractivity contribution in [2.75, 3.05) is 6.61 Å². The maximum absolute atomic E-state index is 8.57. The van der Waals surface area contributed by atoms with Gasteiger partial charge in [-0.15, -0.1) is 0 Å². The van der Waals surface area contributed by atoms with Crippen LogP contribution in [0.3, 0.4) is 0 Å². The van der Waals surface area contributed by atoms with E-state index in [0.29, 0.717) is 0 Å². The molecular formula is C15H28O. The van der Waals surface area contributed by atoms with Gasteiger partial charge >= 0.3 is 0 Å². The topological polar surface area (TPSA) is 20.2 Å². The second-order valence-corrected chi connectivity index (χ2v) is 4.24. The van der Waals surface area contributed by atoms with Gasteiger partial charge in [0.15, 0.2) is 0 Å². The van der Waals surface area contributed by atoms with Crippen molar-refractivity contribution in [3.63, 3.8) is 0 Å². The third kappa shape index (κ3) is 13.4. The zero-order valence-electron chi connectivity index (χ0n) is 10.8. The van der Waals surface area contributed by atoms with Gasteiger partial charge in [-0.05, 0) is 44.9 Å². The molecular weight excluding hydrogens is 196 g/mol. The Morgan fingerprint density at radius 3 is 1.56 bits per heavy atom. The SMILES string of the molecule is CCCCC/C=C/CCCC/C=C/CCO. The van der Waals surface area contributed by atoms with Crippen molar-refractivity contribution >= 4 is 0 Å². The average Bonchev–Trinajstić information content (AvgIpc) is 2.31. The van der Waals surface area contributed by atoms with Crippen LogP contribution in [0.4, 0.5) is 0 Å². The summed E-state index contributed by atoms with van der Waals surface area (Å²) < 4.78 is 0. The zero-order chi connectivity index (χ0) is 11.9. The van der Waals surface area contributed by atoms with Gasteiger partial charge in [0.05, 0.1) is 0 Å². The molecule has 0 saturated heterocycles. The van der Waals surface area contributed by atoms with Crippen LogP contribution in [0, 0.1) is 0 Å². The second kappa shape index (κ2) is 14.4. The van der Waals surface area contributed by atoms with Gasteiger partial charge in [0.25, 0.3) is 0 Å². The summed E-state index contributed by atoms with van der Waals surface area (Å²) in [5.74, 6) is 0. The van der Waals surface area contributed by atoms with Gasteiger partial charge in [-0.25, -0.2) is 0 Å². The number of aliphatic hydroxyl groups excluding tert-OH is 1. The van der Waals surface area contributed by atoms with Crippen LogP contribution in [-0.2, 0) is 0 Å². The van der Waals surface area contributed by atoms with Crippen LogP contribution in [-0.4, -0.2) is 11.7 Å². The summed E-state index contributed by atoms with van der Waals surface area (Å²) in [5.41, 5.74) is 0. The molecule has 0 bridgehead atoms. The van der Waals surface area contributed by atoms with E-state index in [1.807, 2.05) is 0 Å². The first-order chi connectivity index (χ1) is 7.91. The van der Waals surface area contributed by atoms with Crippen LogP contribution in [0.2, 0.25) is 0 Å². The van der Waals surface area contributed by atoms with Crippen LogP contribution in [0.25, 0.3) is 0 Å². The number of rotatable bonds is 11. The highest BCUT2D eigenvalue weighted by molar-refractivity contribution is 4.83. The van der Waals surface area contributed by atoms with E-state index >= 15 is 0 Å². The fraction of sp³-hybridized carbons (Fsp3) is 0.733. The molecule has 1 N–H and O–H groups in total. The molecule has 0 atom stereocenters. The van der Waals surface area contributed by atoms with E-state index in [2.05, 4.69) is 31.2 Å². The number of hydrogen-bond donors (Lipinski definition) is 1. The number of allylic oxidation sites excluding steroid dienone is 3. The monoisotopic (exact) mass is 224 g/mol. The lowest BCUT2D eigenvalue weighted by molar-refractivity contribution is 0.302. The highest BCUT2D eigenvalue weighted by Crippen LogP contribution is 2.04. The average molecular weight is 224 g/mol.